The summed E-state index contributed by atoms with van der Waals surface area (Å²) in [5.74, 6) is 0. The lowest BCUT2D eigenvalue weighted by atomic mass is 10.0. The molecular formula is C21H18ClN. The SMILES string of the molecule is C[C@@H](N=C(c1ccccc1)c1ccc(Cl)cc1)c1ccccc1. The molecule has 0 aliphatic heterocycles. The third-order valence-electron chi connectivity index (χ3n) is 3.77. The average molecular weight is 320 g/mol. The van der Waals surface area contributed by atoms with Crippen LogP contribution in [0.1, 0.15) is 29.7 Å². The molecule has 0 unspecified atom stereocenters. The van der Waals surface area contributed by atoms with Crippen LogP contribution >= 0.6 is 11.6 Å². The van der Waals surface area contributed by atoms with Gasteiger partial charge in [-0.05, 0) is 24.6 Å². The third-order valence-corrected chi connectivity index (χ3v) is 4.02. The van der Waals surface area contributed by atoms with Gasteiger partial charge in [-0.25, -0.2) is 0 Å². The van der Waals surface area contributed by atoms with Crippen molar-refractivity contribution in [3.05, 3.63) is 107 Å². The average Bonchev–Trinajstić information content (AvgIpc) is 2.62. The van der Waals surface area contributed by atoms with E-state index in [1.54, 1.807) is 0 Å². The second kappa shape index (κ2) is 7.26. The van der Waals surface area contributed by atoms with Crippen LogP contribution in [0.5, 0.6) is 0 Å². The van der Waals surface area contributed by atoms with Crippen molar-refractivity contribution in [2.24, 2.45) is 4.99 Å². The third kappa shape index (κ3) is 3.88. The molecule has 3 aromatic carbocycles. The molecule has 3 aromatic rings. The zero-order chi connectivity index (χ0) is 16.1. The van der Waals surface area contributed by atoms with Gasteiger partial charge < -0.3 is 0 Å². The van der Waals surface area contributed by atoms with Crippen LogP contribution in [0.4, 0.5) is 0 Å². The summed E-state index contributed by atoms with van der Waals surface area (Å²) >= 11 is 6.02. The summed E-state index contributed by atoms with van der Waals surface area (Å²) in [7, 11) is 0. The van der Waals surface area contributed by atoms with Crippen molar-refractivity contribution in [3.8, 4) is 0 Å². The first-order chi connectivity index (χ1) is 11.2. The highest BCUT2D eigenvalue weighted by Crippen LogP contribution is 2.21. The number of aliphatic imine (C=N–C) groups is 1. The zero-order valence-electron chi connectivity index (χ0n) is 13.0. The van der Waals surface area contributed by atoms with E-state index in [0.29, 0.717) is 0 Å². The van der Waals surface area contributed by atoms with Gasteiger partial charge in [0.25, 0.3) is 0 Å². The molecule has 0 aliphatic carbocycles. The highest BCUT2D eigenvalue weighted by atomic mass is 35.5. The number of nitrogens with zero attached hydrogens (tertiary/aromatic N) is 1. The minimum atomic E-state index is 0.0853. The van der Waals surface area contributed by atoms with E-state index in [1.165, 1.54) is 5.56 Å². The number of halogens is 1. The van der Waals surface area contributed by atoms with Gasteiger partial charge in [-0.3, -0.25) is 4.99 Å². The highest BCUT2D eigenvalue weighted by molar-refractivity contribution is 6.30. The van der Waals surface area contributed by atoms with Gasteiger partial charge in [0, 0.05) is 16.1 Å². The van der Waals surface area contributed by atoms with Crippen LogP contribution in [0.25, 0.3) is 0 Å². The number of hydrogen-bond acceptors (Lipinski definition) is 1. The quantitative estimate of drug-likeness (QED) is 0.528. The molecule has 0 bridgehead atoms. The van der Waals surface area contributed by atoms with Crippen LogP contribution in [0, 0.1) is 0 Å². The Kier molecular flexibility index (Phi) is 4.89. The van der Waals surface area contributed by atoms with Gasteiger partial charge in [-0.1, -0.05) is 84.4 Å². The zero-order valence-corrected chi connectivity index (χ0v) is 13.7. The summed E-state index contributed by atoms with van der Waals surface area (Å²) in [5, 5.41) is 0.734. The van der Waals surface area contributed by atoms with Gasteiger partial charge in [0.1, 0.15) is 0 Å². The van der Waals surface area contributed by atoms with Gasteiger partial charge in [-0.15, -0.1) is 0 Å². The maximum atomic E-state index is 6.02. The van der Waals surface area contributed by atoms with Crippen molar-refractivity contribution in [1.82, 2.24) is 0 Å². The summed E-state index contributed by atoms with van der Waals surface area (Å²) in [6.45, 7) is 2.12. The molecule has 0 fully saturated rings. The van der Waals surface area contributed by atoms with Crippen molar-refractivity contribution in [2.75, 3.05) is 0 Å². The Bertz CT molecular complexity index is 777. The first-order valence-corrected chi connectivity index (χ1v) is 8.06. The van der Waals surface area contributed by atoms with Gasteiger partial charge in [0.05, 0.1) is 11.8 Å². The summed E-state index contributed by atoms with van der Waals surface area (Å²) in [6.07, 6.45) is 0. The Labute approximate surface area is 142 Å². The molecule has 0 N–H and O–H groups in total. The Morgan fingerprint density at radius 1 is 0.739 bits per heavy atom. The smallest absolute Gasteiger partial charge is 0.0728 e. The van der Waals surface area contributed by atoms with Crippen LogP contribution in [0.2, 0.25) is 5.02 Å². The largest absolute Gasteiger partial charge is 0.276 e. The second-order valence-corrected chi connectivity index (χ2v) is 5.87. The Hall–Kier alpha value is -2.38. The van der Waals surface area contributed by atoms with E-state index >= 15 is 0 Å². The van der Waals surface area contributed by atoms with Crippen LogP contribution < -0.4 is 0 Å². The molecule has 3 rings (SSSR count). The number of benzene rings is 3. The standard InChI is InChI=1S/C21H18ClN/c1-16(17-8-4-2-5-9-17)23-21(18-10-6-3-7-11-18)19-12-14-20(22)15-13-19/h2-16H,1H3/t16-/m1/s1. The maximum absolute atomic E-state index is 6.02. The molecule has 2 heteroatoms. The Morgan fingerprint density at radius 2 is 1.26 bits per heavy atom. The molecule has 114 valence electrons. The first kappa shape index (κ1) is 15.5. The van der Waals surface area contributed by atoms with Crippen LogP contribution in [0.15, 0.2) is 89.9 Å². The molecule has 0 amide bonds. The van der Waals surface area contributed by atoms with E-state index in [9.17, 15) is 0 Å². The maximum Gasteiger partial charge on any atom is 0.0728 e. The van der Waals surface area contributed by atoms with E-state index in [1.807, 2.05) is 60.7 Å². The van der Waals surface area contributed by atoms with Crippen molar-refractivity contribution >= 4 is 17.3 Å². The topological polar surface area (TPSA) is 12.4 Å². The van der Waals surface area contributed by atoms with E-state index < -0.39 is 0 Å². The Morgan fingerprint density at radius 3 is 1.87 bits per heavy atom. The van der Waals surface area contributed by atoms with Gasteiger partial charge in [-0.2, -0.15) is 0 Å². The fraction of sp³-hybridized carbons (Fsp3) is 0.0952. The molecular weight excluding hydrogens is 302 g/mol. The molecule has 1 nitrogen and oxygen atoms in total. The minimum Gasteiger partial charge on any atom is -0.276 e. The summed E-state index contributed by atoms with van der Waals surface area (Å²) < 4.78 is 0. The molecule has 23 heavy (non-hydrogen) atoms. The number of hydrogen-bond donors (Lipinski definition) is 0. The monoisotopic (exact) mass is 319 g/mol. The lowest BCUT2D eigenvalue weighted by Gasteiger charge is -2.13. The molecule has 0 aromatic heterocycles. The molecule has 0 heterocycles. The van der Waals surface area contributed by atoms with Crippen molar-refractivity contribution in [2.45, 2.75) is 13.0 Å². The van der Waals surface area contributed by atoms with E-state index in [0.717, 1.165) is 21.9 Å². The Balaban J connectivity index is 2.05. The number of rotatable bonds is 4. The minimum absolute atomic E-state index is 0.0853. The van der Waals surface area contributed by atoms with Gasteiger partial charge in [0.15, 0.2) is 0 Å². The van der Waals surface area contributed by atoms with Crippen LogP contribution in [0.3, 0.4) is 0 Å². The first-order valence-electron chi connectivity index (χ1n) is 7.68. The van der Waals surface area contributed by atoms with Gasteiger partial charge >= 0.3 is 0 Å². The molecule has 0 aliphatic rings. The second-order valence-electron chi connectivity index (χ2n) is 5.44. The lowest BCUT2D eigenvalue weighted by molar-refractivity contribution is 0.821. The van der Waals surface area contributed by atoms with Crippen LogP contribution in [-0.4, -0.2) is 5.71 Å². The summed E-state index contributed by atoms with van der Waals surface area (Å²) in [4.78, 5) is 4.99. The fourth-order valence-electron chi connectivity index (χ4n) is 2.52. The molecule has 0 radical (unpaired) electrons. The fourth-order valence-corrected chi connectivity index (χ4v) is 2.65. The summed E-state index contributed by atoms with van der Waals surface area (Å²) in [5.41, 5.74) is 4.37. The lowest BCUT2D eigenvalue weighted by Crippen LogP contribution is -2.05. The highest BCUT2D eigenvalue weighted by Gasteiger charge is 2.10. The predicted molar refractivity (Wildman–Crippen MR) is 98.4 cm³/mol. The van der Waals surface area contributed by atoms with E-state index in [2.05, 4.69) is 31.2 Å². The molecule has 1 atom stereocenters. The predicted octanol–water partition coefficient (Wildman–Crippen LogP) is 5.94. The van der Waals surface area contributed by atoms with E-state index in [4.69, 9.17) is 16.6 Å². The summed E-state index contributed by atoms with van der Waals surface area (Å²) in [6, 6.07) is 28.5. The van der Waals surface area contributed by atoms with Crippen LogP contribution in [-0.2, 0) is 0 Å². The van der Waals surface area contributed by atoms with E-state index in [-0.39, 0.29) is 6.04 Å². The molecule has 0 saturated carbocycles. The normalized spacial score (nSPS) is 12.9. The molecule has 0 spiro atoms. The van der Waals surface area contributed by atoms with Gasteiger partial charge in [0.2, 0.25) is 0 Å². The van der Waals surface area contributed by atoms with Crippen molar-refractivity contribution in [1.29, 1.82) is 0 Å². The van der Waals surface area contributed by atoms with Crippen molar-refractivity contribution in [3.63, 3.8) is 0 Å². The molecule has 0 saturated heterocycles. The van der Waals surface area contributed by atoms with Crippen molar-refractivity contribution < 1.29 is 0 Å².